The van der Waals surface area contributed by atoms with Gasteiger partial charge < -0.3 is 14.2 Å². The third kappa shape index (κ3) is 56.6. The predicted octanol–water partition coefficient (Wildman–Crippen LogP) is 19.6. The van der Waals surface area contributed by atoms with Crippen molar-refractivity contribution in [2.24, 2.45) is 0 Å². The van der Waals surface area contributed by atoms with Gasteiger partial charge >= 0.3 is 17.9 Å². The van der Waals surface area contributed by atoms with Crippen LogP contribution in [0.2, 0.25) is 0 Å². The molecule has 0 amide bonds. The van der Waals surface area contributed by atoms with Crippen molar-refractivity contribution < 1.29 is 28.6 Å². The number of unbranched alkanes of at least 4 members (excludes halogenated alkanes) is 21. The molecule has 0 spiro atoms. The zero-order valence-corrected chi connectivity index (χ0v) is 45.9. The largest absolute Gasteiger partial charge is 0.462 e. The van der Waals surface area contributed by atoms with Gasteiger partial charge in [-0.3, -0.25) is 14.4 Å². The van der Waals surface area contributed by atoms with Crippen LogP contribution in [-0.4, -0.2) is 37.2 Å². The molecule has 0 radical (unpaired) electrons. The van der Waals surface area contributed by atoms with Crippen molar-refractivity contribution in [1.82, 2.24) is 0 Å². The second-order valence-electron chi connectivity index (χ2n) is 18.8. The summed E-state index contributed by atoms with van der Waals surface area (Å²) in [7, 11) is 0. The van der Waals surface area contributed by atoms with E-state index in [1.165, 1.54) is 89.9 Å². The molecule has 0 saturated heterocycles. The van der Waals surface area contributed by atoms with Crippen LogP contribution in [0, 0.1) is 0 Å². The predicted molar refractivity (Wildman–Crippen MR) is 306 cm³/mol. The summed E-state index contributed by atoms with van der Waals surface area (Å²) in [6.07, 6.45) is 80.7. The molecule has 71 heavy (non-hydrogen) atoms. The third-order valence-electron chi connectivity index (χ3n) is 12.0. The van der Waals surface area contributed by atoms with E-state index in [9.17, 15) is 14.4 Å². The summed E-state index contributed by atoms with van der Waals surface area (Å²) < 4.78 is 16.8. The highest BCUT2D eigenvalue weighted by atomic mass is 16.6. The first-order valence-corrected chi connectivity index (χ1v) is 29.0. The lowest BCUT2D eigenvalue weighted by Gasteiger charge is -2.18. The average molecular weight is 984 g/mol. The van der Waals surface area contributed by atoms with Crippen molar-refractivity contribution in [2.75, 3.05) is 13.2 Å². The highest BCUT2D eigenvalue weighted by molar-refractivity contribution is 5.72. The van der Waals surface area contributed by atoms with Crippen molar-refractivity contribution in [3.63, 3.8) is 0 Å². The fourth-order valence-corrected chi connectivity index (χ4v) is 7.72. The molecule has 0 aromatic carbocycles. The van der Waals surface area contributed by atoms with Gasteiger partial charge in [-0.05, 0) is 89.9 Å². The number of ether oxygens (including phenoxy) is 3. The van der Waals surface area contributed by atoms with E-state index in [0.717, 1.165) is 122 Å². The summed E-state index contributed by atoms with van der Waals surface area (Å²) in [5.74, 6) is -1.07. The first kappa shape index (κ1) is 66.8. The minimum Gasteiger partial charge on any atom is -0.462 e. The molecule has 0 rings (SSSR count). The normalized spacial score (nSPS) is 13.0. The van der Waals surface area contributed by atoms with Gasteiger partial charge in [0.05, 0.1) is 6.42 Å². The quantitative estimate of drug-likeness (QED) is 0.0261. The highest BCUT2D eigenvalue weighted by Crippen LogP contribution is 2.15. The van der Waals surface area contributed by atoms with E-state index >= 15 is 0 Å². The number of allylic oxidation sites excluding steroid dienone is 19. The lowest BCUT2D eigenvalue weighted by molar-refractivity contribution is -0.166. The van der Waals surface area contributed by atoms with Gasteiger partial charge in [-0.15, -0.1) is 0 Å². The Kier molecular flexibility index (Phi) is 54.9. The van der Waals surface area contributed by atoms with E-state index in [1.807, 2.05) is 6.08 Å². The molecule has 1 unspecified atom stereocenters. The van der Waals surface area contributed by atoms with Crippen LogP contribution in [0.15, 0.2) is 122 Å². The van der Waals surface area contributed by atoms with E-state index < -0.39 is 12.1 Å². The molecule has 0 N–H and O–H groups in total. The lowest BCUT2D eigenvalue weighted by Crippen LogP contribution is -2.30. The molecular formula is C65H106O6. The summed E-state index contributed by atoms with van der Waals surface area (Å²) >= 11 is 0. The summed E-state index contributed by atoms with van der Waals surface area (Å²) in [6.45, 7) is 6.32. The average Bonchev–Trinajstić information content (AvgIpc) is 3.37. The standard InChI is InChI=1S/C65H106O6/c1-4-7-10-13-16-19-22-25-28-30-31-32-33-35-37-40-43-46-49-52-55-58-64(67)70-61-62(60-69-63(66)57-54-51-48-45-42-39-36-27-24-21-18-15-12-9-6-3)71-65(68)59-56-53-50-47-44-41-38-34-29-26-23-20-17-14-11-8-5-2/h7,9-10,12,16,18-19,21,25,27-28,31-32,35-37,42,45,51,54,62H,4-6,8,11,13-15,17,20,22-24,26,29-30,33-34,38-41,43-44,46-50,52-53,55-61H2,1-3H3/b10-7-,12-9-,19-16-,21-18-,28-25-,32-31-,36-27-,37-35-,45-42-,54-51-. The number of esters is 3. The molecule has 6 heteroatoms. The maximum Gasteiger partial charge on any atom is 0.309 e. The molecule has 0 heterocycles. The fraction of sp³-hybridized carbons (Fsp3) is 0.646. The summed E-state index contributed by atoms with van der Waals surface area (Å²) in [5.41, 5.74) is 0. The minimum atomic E-state index is -0.828. The molecule has 0 aliphatic rings. The second kappa shape index (κ2) is 58.4. The van der Waals surface area contributed by atoms with Crippen LogP contribution in [0.1, 0.15) is 252 Å². The maximum absolute atomic E-state index is 12.9. The molecule has 0 aliphatic carbocycles. The number of hydrogen-bond acceptors (Lipinski definition) is 6. The van der Waals surface area contributed by atoms with Gasteiger partial charge in [0, 0.05) is 12.8 Å². The van der Waals surface area contributed by atoms with Crippen LogP contribution in [0.3, 0.4) is 0 Å². The Labute approximate surface area is 437 Å². The monoisotopic (exact) mass is 983 g/mol. The molecule has 0 saturated carbocycles. The maximum atomic E-state index is 12.9. The number of carbonyl (C=O) groups is 3. The Morgan fingerprint density at radius 1 is 0.310 bits per heavy atom. The van der Waals surface area contributed by atoms with Gasteiger partial charge in [0.25, 0.3) is 0 Å². The van der Waals surface area contributed by atoms with Gasteiger partial charge in [-0.2, -0.15) is 0 Å². The Bertz CT molecular complexity index is 1500. The van der Waals surface area contributed by atoms with Crippen LogP contribution < -0.4 is 0 Å². The molecule has 0 fully saturated rings. The highest BCUT2D eigenvalue weighted by Gasteiger charge is 2.19. The van der Waals surface area contributed by atoms with Crippen LogP contribution >= 0.6 is 0 Å². The van der Waals surface area contributed by atoms with Gasteiger partial charge in [-0.1, -0.05) is 264 Å². The van der Waals surface area contributed by atoms with Gasteiger partial charge in [0.15, 0.2) is 6.10 Å². The van der Waals surface area contributed by atoms with E-state index in [1.54, 1.807) is 6.08 Å². The van der Waals surface area contributed by atoms with Crippen LogP contribution in [0.5, 0.6) is 0 Å². The Hall–Kier alpha value is -4.19. The number of carbonyl (C=O) groups excluding carboxylic acids is 3. The van der Waals surface area contributed by atoms with Crippen molar-refractivity contribution in [1.29, 1.82) is 0 Å². The topological polar surface area (TPSA) is 78.9 Å². The summed E-state index contributed by atoms with van der Waals surface area (Å²) in [6, 6.07) is 0. The smallest absolute Gasteiger partial charge is 0.309 e. The van der Waals surface area contributed by atoms with Crippen LogP contribution in [-0.2, 0) is 28.6 Å². The lowest BCUT2D eigenvalue weighted by atomic mass is 10.0. The van der Waals surface area contributed by atoms with Crippen molar-refractivity contribution in [2.45, 2.75) is 258 Å². The van der Waals surface area contributed by atoms with Gasteiger partial charge in [-0.25, -0.2) is 0 Å². The summed E-state index contributed by atoms with van der Waals surface area (Å²) in [5, 5.41) is 0. The number of rotatable bonds is 51. The molecule has 0 aromatic rings. The number of hydrogen-bond donors (Lipinski definition) is 0. The first-order chi connectivity index (χ1) is 35.0. The van der Waals surface area contributed by atoms with E-state index in [0.29, 0.717) is 12.8 Å². The molecule has 0 aromatic heterocycles. The van der Waals surface area contributed by atoms with Crippen LogP contribution in [0.4, 0.5) is 0 Å². The zero-order chi connectivity index (χ0) is 51.4. The molecule has 0 aliphatic heterocycles. The fourth-order valence-electron chi connectivity index (χ4n) is 7.72. The molecule has 1 atom stereocenters. The second-order valence-corrected chi connectivity index (χ2v) is 18.8. The molecular weight excluding hydrogens is 877 g/mol. The van der Waals surface area contributed by atoms with Gasteiger partial charge in [0.2, 0.25) is 0 Å². The SMILES string of the molecule is CC/C=C\C/C=C\C/C=C\C/C=C\C/C=C\CCCCCCCC(=O)OCC(COC(=O)C/C=C\C/C=C\C/C=C\C/C=C\C/C=C\CC)OC(=O)CCCCCCCCCCCCCCCCCCC. The molecule has 0 bridgehead atoms. The van der Waals surface area contributed by atoms with Crippen molar-refractivity contribution >= 4 is 17.9 Å². The Morgan fingerprint density at radius 2 is 0.606 bits per heavy atom. The van der Waals surface area contributed by atoms with Crippen LogP contribution in [0.25, 0.3) is 0 Å². The Morgan fingerprint density at radius 3 is 0.986 bits per heavy atom. The van der Waals surface area contributed by atoms with E-state index in [4.69, 9.17) is 14.2 Å². The zero-order valence-electron chi connectivity index (χ0n) is 45.9. The molecule has 6 nitrogen and oxygen atoms in total. The van der Waals surface area contributed by atoms with E-state index in [-0.39, 0.29) is 31.6 Å². The third-order valence-corrected chi connectivity index (χ3v) is 12.0. The molecule has 402 valence electrons. The van der Waals surface area contributed by atoms with E-state index in [2.05, 4.69) is 130 Å². The summed E-state index contributed by atoms with van der Waals surface area (Å²) in [4.78, 5) is 38.1. The Balaban J connectivity index is 4.51. The first-order valence-electron chi connectivity index (χ1n) is 29.0. The van der Waals surface area contributed by atoms with Crippen molar-refractivity contribution in [3.05, 3.63) is 122 Å². The van der Waals surface area contributed by atoms with Crippen molar-refractivity contribution in [3.8, 4) is 0 Å². The minimum absolute atomic E-state index is 0.119. The van der Waals surface area contributed by atoms with Gasteiger partial charge in [0.1, 0.15) is 13.2 Å².